The van der Waals surface area contributed by atoms with Gasteiger partial charge in [0.2, 0.25) is 0 Å². The maximum atomic E-state index is 12.9. The van der Waals surface area contributed by atoms with Crippen molar-refractivity contribution in [2.75, 3.05) is 7.05 Å². The average molecular weight is 413 g/mol. The summed E-state index contributed by atoms with van der Waals surface area (Å²) in [6.07, 6.45) is 0. The summed E-state index contributed by atoms with van der Waals surface area (Å²) in [6, 6.07) is 6.76. The van der Waals surface area contributed by atoms with Crippen molar-refractivity contribution in [3.05, 3.63) is 50.5 Å². The van der Waals surface area contributed by atoms with Crippen LogP contribution in [0.25, 0.3) is 0 Å². The second-order valence-corrected chi connectivity index (χ2v) is 9.44. The Kier molecular flexibility index (Phi) is 5.10. The number of rotatable bonds is 4. The van der Waals surface area contributed by atoms with Crippen molar-refractivity contribution in [2.45, 2.75) is 17.2 Å². The van der Waals surface area contributed by atoms with Crippen LogP contribution in [0.2, 0.25) is 5.02 Å². The third kappa shape index (κ3) is 3.48. The van der Waals surface area contributed by atoms with Gasteiger partial charge in [-0.3, -0.25) is 0 Å². The lowest BCUT2D eigenvalue weighted by molar-refractivity contribution is 0.399. The van der Waals surface area contributed by atoms with Gasteiger partial charge in [0.25, 0.3) is 10.0 Å². The molecule has 0 saturated heterocycles. The third-order valence-corrected chi connectivity index (χ3v) is 8.01. The Morgan fingerprint density at radius 2 is 1.90 bits per heavy atom. The van der Waals surface area contributed by atoms with Gasteiger partial charge >= 0.3 is 0 Å². The Hall–Kier alpha value is -0.470. The number of hydrogen-bond acceptors (Lipinski definition) is 3. The van der Waals surface area contributed by atoms with Crippen molar-refractivity contribution in [3.63, 3.8) is 0 Å². The van der Waals surface area contributed by atoms with E-state index in [2.05, 4.69) is 15.9 Å². The van der Waals surface area contributed by atoms with Crippen LogP contribution in [0.15, 0.2) is 38.3 Å². The van der Waals surface area contributed by atoms with Crippen LogP contribution in [0, 0.1) is 5.82 Å². The summed E-state index contributed by atoms with van der Waals surface area (Å²) in [5.41, 5.74) is 0.712. The minimum absolute atomic E-state index is 0.163. The summed E-state index contributed by atoms with van der Waals surface area (Å²) < 4.78 is 40.1. The molecule has 0 aliphatic rings. The minimum atomic E-state index is -3.65. The second kappa shape index (κ2) is 6.34. The van der Waals surface area contributed by atoms with E-state index in [4.69, 9.17) is 11.6 Å². The molecule has 1 aromatic carbocycles. The molecule has 1 atom stereocenters. The Balaban J connectivity index is 2.33. The fourth-order valence-corrected chi connectivity index (χ4v) is 5.69. The highest BCUT2D eigenvalue weighted by molar-refractivity contribution is 9.11. The predicted octanol–water partition coefficient (Wildman–Crippen LogP) is 4.68. The zero-order chi connectivity index (χ0) is 15.8. The molecule has 0 radical (unpaired) electrons. The fourth-order valence-electron chi connectivity index (χ4n) is 1.76. The topological polar surface area (TPSA) is 37.4 Å². The van der Waals surface area contributed by atoms with Crippen LogP contribution < -0.4 is 0 Å². The van der Waals surface area contributed by atoms with Crippen LogP contribution in [-0.2, 0) is 10.0 Å². The van der Waals surface area contributed by atoms with Crippen LogP contribution in [-0.4, -0.2) is 19.8 Å². The highest BCUT2D eigenvalue weighted by Gasteiger charge is 2.28. The summed E-state index contributed by atoms with van der Waals surface area (Å²) >= 11 is 10.2. The molecular formula is C13H12BrClFNO2S2. The highest BCUT2D eigenvalue weighted by atomic mass is 79.9. The molecule has 2 aromatic rings. The van der Waals surface area contributed by atoms with Gasteiger partial charge in [-0.1, -0.05) is 23.7 Å². The van der Waals surface area contributed by atoms with Gasteiger partial charge in [-0.2, -0.15) is 4.31 Å². The monoisotopic (exact) mass is 411 g/mol. The quantitative estimate of drug-likeness (QED) is 0.731. The molecule has 0 amide bonds. The van der Waals surface area contributed by atoms with E-state index in [1.165, 1.54) is 29.6 Å². The Labute approximate surface area is 140 Å². The van der Waals surface area contributed by atoms with Gasteiger partial charge in [-0.05, 0) is 46.6 Å². The standard InChI is InChI=1S/C13H12BrClFNO2S2/c1-8(9-3-5-10(16)6-4-9)17(2)21(18,19)12-7-11(15)13(14)20-12/h3-8H,1-2H3. The Morgan fingerprint density at radius 1 is 1.33 bits per heavy atom. The summed E-state index contributed by atoms with van der Waals surface area (Å²) in [5.74, 6) is -0.356. The molecular weight excluding hydrogens is 401 g/mol. The van der Waals surface area contributed by atoms with Gasteiger partial charge in [0.1, 0.15) is 10.0 Å². The maximum Gasteiger partial charge on any atom is 0.252 e. The van der Waals surface area contributed by atoms with Crippen molar-refractivity contribution in [1.29, 1.82) is 0 Å². The fraction of sp³-hybridized carbons (Fsp3) is 0.231. The van der Waals surface area contributed by atoms with Crippen LogP contribution in [0.3, 0.4) is 0 Å². The largest absolute Gasteiger partial charge is 0.252 e. The minimum Gasteiger partial charge on any atom is -0.207 e. The zero-order valence-corrected chi connectivity index (χ0v) is 15.2. The molecule has 8 heteroatoms. The number of hydrogen-bond donors (Lipinski definition) is 0. The van der Waals surface area contributed by atoms with Gasteiger partial charge in [0, 0.05) is 13.1 Å². The van der Waals surface area contributed by atoms with Crippen molar-refractivity contribution >= 4 is 48.9 Å². The smallest absolute Gasteiger partial charge is 0.207 e. The van der Waals surface area contributed by atoms with Crippen LogP contribution in [0.4, 0.5) is 4.39 Å². The zero-order valence-electron chi connectivity index (χ0n) is 11.2. The number of benzene rings is 1. The highest BCUT2D eigenvalue weighted by Crippen LogP contribution is 2.37. The van der Waals surface area contributed by atoms with E-state index in [-0.39, 0.29) is 10.0 Å². The SMILES string of the molecule is CC(c1ccc(F)cc1)N(C)S(=O)(=O)c1cc(Cl)c(Br)s1. The third-order valence-electron chi connectivity index (χ3n) is 3.15. The molecule has 2 rings (SSSR count). The van der Waals surface area contributed by atoms with Crippen molar-refractivity contribution in [2.24, 2.45) is 0 Å². The molecule has 0 spiro atoms. The molecule has 0 bridgehead atoms. The molecule has 0 aliphatic heterocycles. The molecule has 0 aliphatic carbocycles. The van der Waals surface area contributed by atoms with E-state index < -0.39 is 16.1 Å². The van der Waals surface area contributed by atoms with E-state index in [1.807, 2.05) is 0 Å². The first kappa shape index (κ1) is 16.9. The van der Waals surface area contributed by atoms with Gasteiger partial charge in [0.05, 0.1) is 8.81 Å². The molecule has 114 valence electrons. The van der Waals surface area contributed by atoms with E-state index in [0.717, 1.165) is 11.3 Å². The predicted molar refractivity (Wildman–Crippen MR) is 86.8 cm³/mol. The summed E-state index contributed by atoms with van der Waals surface area (Å²) in [7, 11) is -2.16. The number of nitrogens with zero attached hydrogens (tertiary/aromatic N) is 1. The lowest BCUT2D eigenvalue weighted by Crippen LogP contribution is -2.29. The normalized spacial score (nSPS) is 13.6. The molecule has 1 aromatic heterocycles. The van der Waals surface area contributed by atoms with Gasteiger partial charge in [0.15, 0.2) is 0 Å². The van der Waals surface area contributed by atoms with E-state index in [0.29, 0.717) is 14.4 Å². The van der Waals surface area contributed by atoms with E-state index in [9.17, 15) is 12.8 Å². The first-order valence-electron chi connectivity index (χ1n) is 5.92. The molecule has 0 fully saturated rings. The van der Waals surface area contributed by atoms with Crippen molar-refractivity contribution in [3.8, 4) is 0 Å². The maximum absolute atomic E-state index is 12.9. The Bertz CT molecular complexity index is 727. The van der Waals surface area contributed by atoms with Crippen LogP contribution in [0.5, 0.6) is 0 Å². The second-order valence-electron chi connectivity index (χ2n) is 4.44. The van der Waals surface area contributed by atoms with Gasteiger partial charge in [-0.15, -0.1) is 11.3 Å². The lowest BCUT2D eigenvalue weighted by atomic mass is 10.1. The first-order chi connectivity index (χ1) is 9.73. The summed E-state index contributed by atoms with van der Waals surface area (Å²) in [6.45, 7) is 1.75. The molecule has 0 saturated carbocycles. The molecule has 1 unspecified atom stereocenters. The Morgan fingerprint density at radius 3 is 2.38 bits per heavy atom. The average Bonchev–Trinajstić information content (AvgIpc) is 2.78. The summed E-state index contributed by atoms with van der Waals surface area (Å²) in [5, 5.41) is 0.362. The molecule has 1 heterocycles. The van der Waals surface area contributed by atoms with E-state index in [1.54, 1.807) is 19.1 Å². The van der Waals surface area contributed by atoms with Gasteiger partial charge in [-0.25, -0.2) is 12.8 Å². The van der Waals surface area contributed by atoms with Crippen LogP contribution >= 0.6 is 38.9 Å². The van der Waals surface area contributed by atoms with E-state index >= 15 is 0 Å². The van der Waals surface area contributed by atoms with Crippen molar-refractivity contribution < 1.29 is 12.8 Å². The number of halogens is 3. The first-order valence-corrected chi connectivity index (χ1v) is 9.34. The lowest BCUT2D eigenvalue weighted by Gasteiger charge is -2.24. The molecule has 21 heavy (non-hydrogen) atoms. The number of thiophene rings is 1. The van der Waals surface area contributed by atoms with Crippen molar-refractivity contribution in [1.82, 2.24) is 4.31 Å². The number of sulfonamides is 1. The summed E-state index contributed by atoms with van der Waals surface area (Å²) in [4.78, 5) is 0. The van der Waals surface area contributed by atoms with Crippen LogP contribution in [0.1, 0.15) is 18.5 Å². The molecule has 3 nitrogen and oxygen atoms in total. The molecule has 0 N–H and O–H groups in total. The van der Waals surface area contributed by atoms with Gasteiger partial charge < -0.3 is 0 Å².